The highest BCUT2D eigenvalue weighted by atomic mass is 32.1. The van der Waals surface area contributed by atoms with Gasteiger partial charge in [0.15, 0.2) is 5.11 Å². The summed E-state index contributed by atoms with van der Waals surface area (Å²) in [4.78, 5) is 14.2. The number of carbonyl (C=O) groups excluding carboxylic acids is 1. The summed E-state index contributed by atoms with van der Waals surface area (Å²) >= 11 is 5.22. The largest absolute Gasteiger partial charge is 0.465 e. The number of rotatable bonds is 3. The fourth-order valence-electron chi connectivity index (χ4n) is 3.03. The summed E-state index contributed by atoms with van der Waals surface area (Å²) in [6.07, 6.45) is 7.03. The van der Waals surface area contributed by atoms with Crippen LogP contribution < -0.4 is 10.6 Å². The van der Waals surface area contributed by atoms with Crippen LogP contribution in [0.15, 0.2) is 28.9 Å². The van der Waals surface area contributed by atoms with Crippen molar-refractivity contribution in [2.45, 2.75) is 18.9 Å². The fourth-order valence-corrected chi connectivity index (χ4v) is 3.28. The SMILES string of the molecule is O=C(C=Cc1ccco1)NC(=S)NC1CN2CCC1CC2. The van der Waals surface area contributed by atoms with Gasteiger partial charge in [0.05, 0.1) is 6.26 Å². The maximum Gasteiger partial charge on any atom is 0.250 e. The van der Waals surface area contributed by atoms with Crippen LogP contribution in [0.5, 0.6) is 0 Å². The fraction of sp³-hybridized carbons (Fsp3) is 0.467. The molecule has 3 saturated heterocycles. The van der Waals surface area contributed by atoms with E-state index in [9.17, 15) is 4.79 Å². The van der Waals surface area contributed by atoms with Crippen LogP contribution >= 0.6 is 12.2 Å². The summed E-state index contributed by atoms with van der Waals surface area (Å²) in [6, 6.07) is 3.92. The first-order valence-electron chi connectivity index (χ1n) is 7.26. The highest BCUT2D eigenvalue weighted by molar-refractivity contribution is 7.80. The molecule has 3 aliphatic rings. The molecule has 0 aromatic carbocycles. The van der Waals surface area contributed by atoms with Crippen molar-refractivity contribution in [1.29, 1.82) is 0 Å². The minimum absolute atomic E-state index is 0.245. The Morgan fingerprint density at radius 2 is 2.24 bits per heavy atom. The predicted molar refractivity (Wildman–Crippen MR) is 84.6 cm³/mol. The summed E-state index contributed by atoms with van der Waals surface area (Å²) in [5.41, 5.74) is 0. The Kier molecular flexibility index (Phi) is 4.36. The van der Waals surface area contributed by atoms with Gasteiger partial charge in [0, 0.05) is 18.7 Å². The van der Waals surface area contributed by atoms with Crippen LogP contribution in [0.25, 0.3) is 6.08 Å². The third-order valence-corrected chi connectivity index (χ3v) is 4.37. The smallest absolute Gasteiger partial charge is 0.250 e. The van der Waals surface area contributed by atoms with Crippen molar-refractivity contribution in [2.75, 3.05) is 19.6 Å². The van der Waals surface area contributed by atoms with Gasteiger partial charge >= 0.3 is 0 Å². The third kappa shape index (κ3) is 3.71. The molecule has 1 amide bonds. The second-order valence-electron chi connectivity index (χ2n) is 5.56. The molecule has 4 rings (SSSR count). The summed E-state index contributed by atoms with van der Waals surface area (Å²) in [7, 11) is 0. The molecule has 2 N–H and O–H groups in total. The number of hydrogen-bond acceptors (Lipinski definition) is 4. The number of nitrogens with one attached hydrogen (secondary N) is 2. The molecule has 1 unspecified atom stereocenters. The first-order valence-corrected chi connectivity index (χ1v) is 7.67. The molecule has 21 heavy (non-hydrogen) atoms. The van der Waals surface area contributed by atoms with Crippen molar-refractivity contribution in [3.63, 3.8) is 0 Å². The number of carbonyl (C=O) groups is 1. The van der Waals surface area contributed by atoms with Crippen LogP contribution in [-0.2, 0) is 4.79 Å². The van der Waals surface area contributed by atoms with Crippen LogP contribution in [0, 0.1) is 5.92 Å². The Balaban J connectivity index is 1.46. The second-order valence-corrected chi connectivity index (χ2v) is 5.96. The molecule has 0 saturated carbocycles. The van der Waals surface area contributed by atoms with Gasteiger partial charge in [-0.1, -0.05) is 0 Å². The molecule has 0 spiro atoms. The Morgan fingerprint density at radius 3 is 2.86 bits per heavy atom. The summed E-state index contributed by atoms with van der Waals surface area (Å²) < 4.78 is 5.12. The van der Waals surface area contributed by atoms with Crippen LogP contribution in [0.4, 0.5) is 0 Å². The standard InChI is InChI=1S/C15H19N3O2S/c19-14(4-3-12-2-1-9-20-12)17-15(21)16-13-10-18-7-5-11(13)6-8-18/h1-4,9,11,13H,5-8,10H2,(H2,16,17,19,21). The van der Waals surface area contributed by atoms with Crippen molar-refractivity contribution >= 4 is 29.3 Å². The van der Waals surface area contributed by atoms with E-state index in [0.717, 1.165) is 6.54 Å². The minimum atomic E-state index is -0.245. The van der Waals surface area contributed by atoms with Gasteiger partial charge in [-0.25, -0.2) is 0 Å². The van der Waals surface area contributed by atoms with E-state index in [4.69, 9.17) is 16.6 Å². The minimum Gasteiger partial charge on any atom is -0.465 e. The highest BCUT2D eigenvalue weighted by Crippen LogP contribution is 2.27. The topological polar surface area (TPSA) is 57.5 Å². The number of fused-ring (bicyclic) bond motifs is 3. The zero-order valence-electron chi connectivity index (χ0n) is 11.7. The Morgan fingerprint density at radius 1 is 1.43 bits per heavy atom. The first-order chi connectivity index (χ1) is 10.2. The number of hydrogen-bond donors (Lipinski definition) is 2. The monoisotopic (exact) mass is 305 g/mol. The van der Waals surface area contributed by atoms with Crippen LogP contribution in [0.3, 0.4) is 0 Å². The maximum atomic E-state index is 11.8. The molecule has 6 heteroatoms. The number of nitrogens with zero attached hydrogens (tertiary/aromatic N) is 1. The molecular weight excluding hydrogens is 286 g/mol. The first kappa shape index (κ1) is 14.3. The van der Waals surface area contributed by atoms with E-state index >= 15 is 0 Å². The lowest BCUT2D eigenvalue weighted by Gasteiger charge is -2.45. The van der Waals surface area contributed by atoms with Crippen molar-refractivity contribution in [3.05, 3.63) is 30.2 Å². The summed E-state index contributed by atoms with van der Waals surface area (Å²) in [6.45, 7) is 3.39. The number of piperidine rings is 3. The Hall–Kier alpha value is -1.66. The van der Waals surface area contributed by atoms with Crippen molar-refractivity contribution in [1.82, 2.24) is 15.5 Å². The molecule has 1 aromatic rings. The van der Waals surface area contributed by atoms with Gasteiger partial charge in [-0.05, 0) is 62.3 Å². The van der Waals surface area contributed by atoms with Gasteiger partial charge in [-0.15, -0.1) is 0 Å². The number of furan rings is 1. The normalized spacial score (nSPS) is 27.7. The number of thiocarbonyl (C=S) groups is 1. The van der Waals surface area contributed by atoms with Crippen molar-refractivity contribution in [2.24, 2.45) is 5.92 Å². The van der Waals surface area contributed by atoms with Gasteiger partial charge in [-0.2, -0.15) is 0 Å². The lowest BCUT2D eigenvalue weighted by Crippen LogP contribution is -2.58. The average molecular weight is 305 g/mol. The quantitative estimate of drug-likeness (QED) is 0.653. The lowest BCUT2D eigenvalue weighted by molar-refractivity contribution is -0.115. The highest BCUT2D eigenvalue weighted by Gasteiger charge is 2.34. The molecule has 112 valence electrons. The summed E-state index contributed by atoms with van der Waals surface area (Å²) in [5.74, 6) is 1.06. The third-order valence-electron chi connectivity index (χ3n) is 4.15. The molecule has 4 heterocycles. The van der Waals surface area contributed by atoms with Crippen molar-refractivity contribution in [3.8, 4) is 0 Å². The van der Waals surface area contributed by atoms with Crippen LogP contribution in [-0.4, -0.2) is 41.6 Å². The van der Waals surface area contributed by atoms with E-state index < -0.39 is 0 Å². The molecule has 0 radical (unpaired) electrons. The average Bonchev–Trinajstić information content (AvgIpc) is 2.99. The molecule has 0 aliphatic carbocycles. The molecule has 1 aromatic heterocycles. The van der Waals surface area contributed by atoms with Crippen LogP contribution in [0.1, 0.15) is 18.6 Å². The predicted octanol–water partition coefficient (Wildman–Crippen LogP) is 1.38. The molecule has 3 aliphatic heterocycles. The van der Waals surface area contributed by atoms with E-state index in [-0.39, 0.29) is 5.91 Å². The molecule has 5 nitrogen and oxygen atoms in total. The van der Waals surface area contributed by atoms with Gasteiger partial charge in [0.2, 0.25) is 5.91 Å². The maximum absolute atomic E-state index is 11.8. The molecule has 3 fully saturated rings. The van der Waals surface area contributed by atoms with E-state index in [1.54, 1.807) is 24.5 Å². The zero-order valence-corrected chi connectivity index (χ0v) is 12.6. The Bertz CT molecular complexity index is 533. The van der Waals surface area contributed by atoms with E-state index in [1.807, 2.05) is 0 Å². The van der Waals surface area contributed by atoms with Crippen LogP contribution in [0.2, 0.25) is 0 Å². The molecule has 2 bridgehead atoms. The number of amides is 1. The molecular formula is C15H19N3O2S. The van der Waals surface area contributed by atoms with E-state index in [1.165, 1.54) is 32.0 Å². The van der Waals surface area contributed by atoms with E-state index in [2.05, 4.69) is 15.5 Å². The van der Waals surface area contributed by atoms with Crippen molar-refractivity contribution < 1.29 is 9.21 Å². The van der Waals surface area contributed by atoms with E-state index in [0.29, 0.717) is 22.8 Å². The second kappa shape index (κ2) is 6.41. The lowest BCUT2D eigenvalue weighted by atomic mass is 9.84. The Labute approximate surface area is 129 Å². The van der Waals surface area contributed by atoms with Gasteiger partial charge in [0.1, 0.15) is 5.76 Å². The van der Waals surface area contributed by atoms with Gasteiger partial charge in [0.25, 0.3) is 0 Å². The van der Waals surface area contributed by atoms with Gasteiger partial charge < -0.3 is 14.6 Å². The summed E-state index contributed by atoms with van der Waals surface area (Å²) in [5, 5.41) is 6.36. The molecule has 1 atom stereocenters. The zero-order chi connectivity index (χ0) is 14.7. The van der Waals surface area contributed by atoms with Gasteiger partial charge in [-0.3, -0.25) is 10.1 Å².